The monoisotopic (exact) mass is 251 g/mol. The third kappa shape index (κ3) is 1.67. The molecule has 0 heterocycles. The number of nitrogens with two attached hydrogens (primary N) is 1. The van der Waals surface area contributed by atoms with E-state index in [2.05, 4.69) is 0 Å². The molecule has 88 valence electrons. The summed E-state index contributed by atoms with van der Waals surface area (Å²) in [5, 5.41) is 0.281. The Morgan fingerprint density at radius 1 is 1.65 bits per heavy atom. The third-order valence-electron chi connectivity index (χ3n) is 3.29. The Kier molecular flexibility index (Phi) is 1.65. The molecule has 2 aliphatic rings. The second-order valence-corrected chi connectivity index (χ2v) is 4.69. The molecule has 0 saturated heterocycles. The van der Waals surface area contributed by atoms with Crippen LogP contribution in [-0.4, -0.2) is 5.91 Å². The summed E-state index contributed by atoms with van der Waals surface area (Å²) < 4.78 is 32.5. The lowest BCUT2D eigenvalue weighted by molar-refractivity contribution is -0.121. The van der Waals surface area contributed by atoms with Crippen molar-refractivity contribution in [1.29, 1.82) is 0 Å². The molecule has 2 aliphatic carbocycles. The summed E-state index contributed by atoms with van der Waals surface area (Å²) >= 11 is 5.99. The van der Waals surface area contributed by atoms with E-state index in [1.807, 2.05) is 0 Å². The van der Waals surface area contributed by atoms with Crippen LogP contribution in [0.5, 0.6) is 0 Å². The molecule has 0 fully saturated rings. The predicted molar refractivity (Wildman–Crippen MR) is 68.6 cm³/mol. The van der Waals surface area contributed by atoms with Gasteiger partial charge in [-0.05, 0) is 60.0 Å². The van der Waals surface area contributed by atoms with Crippen LogP contribution in [0, 0.1) is 5.89 Å². The Morgan fingerprint density at radius 2 is 2.47 bits per heavy atom. The van der Waals surface area contributed by atoms with E-state index in [1.54, 1.807) is 12.1 Å². The van der Waals surface area contributed by atoms with Gasteiger partial charge >= 0.3 is 0 Å². The summed E-state index contributed by atoms with van der Waals surface area (Å²) in [5.74, 6) is -2.60. The fourth-order valence-corrected chi connectivity index (χ4v) is 2.66. The highest BCUT2D eigenvalue weighted by Gasteiger charge is 2.32. The minimum atomic E-state index is -1.75. The van der Waals surface area contributed by atoms with Gasteiger partial charge in [-0.25, -0.2) is 0 Å². The molecule has 0 radical (unpaired) electrons. The van der Waals surface area contributed by atoms with E-state index < -0.39 is 18.2 Å². The summed E-state index contributed by atoms with van der Waals surface area (Å²) in [6.45, 7) is 0. The number of hydrogen-bond donors (Lipinski definition) is 1. The van der Waals surface area contributed by atoms with E-state index in [4.69, 9.17) is 22.8 Å². The number of benzene rings is 1. The van der Waals surface area contributed by atoms with Crippen LogP contribution in [0.2, 0.25) is 5.02 Å². The first-order chi connectivity index (χ1) is 9.66. The quantitative estimate of drug-likeness (QED) is 0.819. The highest BCUT2D eigenvalue weighted by Crippen LogP contribution is 2.44. The Morgan fingerprint density at radius 3 is 3.24 bits per heavy atom. The highest BCUT2D eigenvalue weighted by molar-refractivity contribution is 6.30. The van der Waals surface area contributed by atoms with Crippen LogP contribution in [-0.2, 0) is 11.2 Å². The summed E-state index contributed by atoms with van der Waals surface area (Å²) in [5.41, 5.74) is 7.84. The molecule has 0 spiro atoms. The number of carbonyl (C=O) groups excluding carboxylic acids is 1. The molecule has 0 aliphatic heterocycles. The van der Waals surface area contributed by atoms with Crippen LogP contribution >= 0.6 is 11.6 Å². The summed E-state index contributed by atoms with van der Waals surface area (Å²) in [6, 6.07) is 3.51. The van der Waals surface area contributed by atoms with Gasteiger partial charge in [0, 0.05) is 9.13 Å². The van der Waals surface area contributed by atoms with Crippen molar-refractivity contribution in [1.82, 2.24) is 0 Å². The number of rotatable bonds is 1. The van der Waals surface area contributed by atoms with Gasteiger partial charge in [-0.1, -0.05) is 17.7 Å². The second-order valence-electron chi connectivity index (χ2n) is 4.29. The fourth-order valence-electron chi connectivity index (χ4n) is 2.50. The lowest BCUT2D eigenvalue weighted by Gasteiger charge is -2.22. The smallest absolute Gasteiger partial charge is 0.224 e. The van der Waals surface area contributed by atoms with E-state index in [0.29, 0.717) is 23.1 Å². The Bertz CT molecular complexity index is 700. The lowest BCUT2D eigenvalue weighted by atomic mass is 9.82. The minimum Gasteiger partial charge on any atom is -0.369 e. The maximum atomic E-state index is 11.8. The molecule has 1 amide bonds. The molecule has 0 bridgehead atoms. The number of halogens is 1. The molecule has 1 aromatic carbocycles. The van der Waals surface area contributed by atoms with E-state index >= 15 is 0 Å². The SMILES string of the molecule is [2H]c1c(Cl)ccc2c1C1=C(C2)C([2H])(C(N)=O)CC([2H])([2H])C1. The number of allylic oxidation sites excluding steroid dienone is 1. The van der Waals surface area contributed by atoms with Gasteiger partial charge in [-0.2, -0.15) is 0 Å². The van der Waals surface area contributed by atoms with Gasteiger partial charge in [0.2, 0.25) is 5.91 Å². The Labute approximate surface area is 111 Å². The van der Waals surface area contributed by atoms with Crippen molar-refractivity contribution in [2.24, 2.45) is 11.6 Å². The fraction of sp³-hybridized carbons (Fsp3) is 0.357. The zero-order valence-electron chi connectivity index (χ0n) is 13.1. The van der Waals surface area contributed by atoms with Crippen LogP contribution < -0.4 is 5.73 Å². The Balaban J connectivity index is 2.26. The van der Waals surface area contributed by atoms with E-state index in [0.717, 1.165) is 5.56 Å². The molecule has 1 aromatic rings. The van der Waals surface area contributed by atoms with Crippen molar-refractivity contribution in [2.45, 2.75) is 25.6 Å². The molecular formula is C14H14ClNO. The van der Waals surface area contributed by atoms with Crippen LogP contribution in [0.15, 0.2) is 23.7 Å². The van der Waals surface area contributed by atoms with Crippen LogP contribution in [0.3, 0.4) is 0 Å². The van der Waals surface area contributed by atoms with Crippen molar-refractivity contribution in [3.63, 3.8) is 0 Å². The van der Waals surface area contributed by atoms with Crippen LogP contribution in [0.4, 0.5) is 0 Å². The second kappa shape index (κ2) is 3.88. The van der Waals surface area contributed by atoms with Crippen molar-refractivity contribution in [3.05, 3.63) is 39.9 Å². The number of fused-ring (bicyclic) bond motifs is 2. The maximum Gasteiger partial charge on any atom is 0.224 e. The average molecular weight is 252 g/mol. The molecule has 2 N–H and O–H groups in total. The van der Waals surface area contributed by atoms with Crippen molar-refractivity contribution in [3.8, 4) is 0 Å². The number of hydrogen-bond acceptors (Lipinski definition) is 1. The maximum absolute atomic E-state index is 11.8. The predicted octanol–water partition coefficient (Wildman–Crippen LogP) is 2.94. The van der Waals surface area contributed by atoms with E-state index in [-0.39, 0.29) is 23.9 Å². The zero-order chi connectivity index (χ0) is 15.6. The molecule has 0 aromatic heterocycles. The summed E-state index contributed by atoms with van der Waals surface area (Å²) in [4.78, 5) is 11.8. The van der Waals surface area contributed by atoms with Crippen molar-refractivity contribution < 1.29 is 10.3 Å². The molecule has 1 unspecified atom stereocenters. The van der Waals surface area contributed by atoms with Crippen molar-refractivity contribution >= 4 is 23.1 Å². The number of carbonyl (C=O) groups is 1. The first kappa shape index (κ1) is 7.22. The Hall–Kier alpha value is -1.28. The molecule has 0 saturated carbocycles. The molecule has 2 nitrogen and oxygen atoms in total. The largest absolute Gasteiger partial charge is 0.369 e. The van der Waals surface area contributed by atoms with Gasteiger partial charge < -0.3 is 5.73 Å². The standard InChI is InChI=1S/C14H14ClNO/c15-9-5-4-8-6-13-10(12(8)7-9)2-1-3-11(13)14(16)17/h4-5,7,11H,1-3,6H2,(H2,16,17)/i1D2,7D,11D. The first-order valence-electron chi connectivity index (χ1n) is 7.46. The molecular weight excluding hydrogens is 234 g/mol. The summed E-state index contributed by atoms with van der Waals surface area (Å²) in [7, 11) is 0. The van der Waals surface area contributed by atoms with E-state index in [1.165, 1.54) is 0 Å². The number of primary amides is 1. The van der Waals surface area contributed by atoms with Gasteiger partial charge in [0.25, 0.3) is 0 Å². The van der Waals surface area contributed by atoms with Crippen LogP contribution in [0.25, 0.3) is 5.57 Å². The van der Waals surface area contributed by atoms with Crippen LogP contribution in [0.1, 0.15) is 35.8 Å². The van der Waals surface area contributed by atoms with E-state index in [9.17, 15) is 4.79 Å². The topological polar surface area (TPSA) is 43.1 Å². The third-order valence-corrected chi connectivity index (χ3v) is 3.52. The van der Waals surface area contributed by atoms with Gasteiger partial charge in [0.1, 0.15) is 0 Å². The van der Waals surface area contributed by atoms with Gasteiger partial charge in [0.15, 0.2) is 0 Å². The number of amides is 1. The zero-order valence-corrected chi connectivity index (χ0v) is 9.90. The summed E-state index contributed by atoms with van der Waals surface area (Å²) in [6.07, 6.45) is -1.51. The van der Waals surface area contributed by atoms with Gasteiger partial charge in [0.05, 0.1) is 7.26 Å². The average Bonchev–Trinajstić information content (AvgIpc) is 2.72. The van der Waals surface area contributed by atoms with Crippen molar-refractivity contribution in [2.75, 3.05) is 0 Å². The molecule has 1 atom stereocenters. The highest BCUT2D eigenvalue weighted by atomic mass is 35.5. The molecule has 3 rings (SSSR count). The van der Waals surface area contributed by atoms with Gasteiger partial charge in [-0.3, -0.25) is 4.79 Å². The molecule has 17 heavy (non-hydrogen) atoms. The van der Waals surface area contributed by atoms with Gasteiger partial charge in [-0.15, -0.1) is 0 Å². The minimum absolute atomic E-state index is 0.0788. The lowest BCUT2D eigenvalue weighted by Crippen LogP contribution is -2.27. The molecule has 3 heteroatoms. The normalized spacial score (nSPS) is 33.0. The first-order valence-corrected chi connectivity index (χ1v) is 5.84.